The van der Waals surface area contributed by atoms with Crippen LogP contribution in [0, 0.1) is 5.92 Å². The van der Waals surface area contributed by atoms with E-state index in [9.17, 15) is 0 Å². The van der Waals surface area contributed by atoms with E-state index in [4.69, 9.17) is 0 Å². The van der Waals surface area contributed by atoms with E-state index in [1.165, 1.54) is 0 Å². The molecule has 0 radical (unpaired) electrons. The molecular formula is C12H19N5. The molecule has 0 saturated heterocycles. The van der Waals surface area contributed by atoms with Gasteiger partial charge in [0.05, 0.1) is 0 Å². The third kappa shape index (κ3) is 2.72. The molecule has 2 heterocycles. The third-order valence-corrected chi connectivity index (χ3v) is 2.67. The molecule has 0 amide bonds. The van der Waals surface area contributed by atoms with Gasteiger partial charge < -0.3 is 5.32 Å². The molecule has 92 valence electrons. The van der Waals surface area contributed by atoms with E-state index >= 15 is 0 Å². The molecule has 0 saturated carbocycles. The summed E-state index contributed by atoms with van der Waals surface area (Å²) in [7, 11) is 0. The summed E-state index contributed by atoms with van der Waals surface area (Å²) in [5.41, 5.74) is 0.802. The summed E-state index contributed by atoms with van der Waals surface area (Å²) in [5.74, 6) is 2.48. The summed E-state index contributed by atoms with van der Waals surface area (Å²) in [6.45, 7) is 7.43. The topological polar surface area (TPSA) is 55.1 Å². The van der Waals surface area contributed by atoms with E-state index in [0.29, 0.717) is 5.92 Å². The van der Waals surface area contributed by atoms with Gasteiger partial charge in [-0.25, -0.2) is 0 Å². The summed E-state index contributed by atoms with van der Waals surface area (Å²) in [5, 5.41) is 16.0. The minimum atomic E-state index is 0.701. The molecule has 0 aromatic carbocycles. The lowest BCUT2D eigenvalue weighted by Crippen LogP contribution is -2.08. The average molecular weight is 233 g/mol. The largest absolute Gasteiger partial charge is 0.369 e. The van der Waals surface area contributed by atoms with Crippen molar-refractivity contribution in [3.63, 3.8) is 0 Å². The zero-order valence-corrected chi connectivity index (χ0v) is 10.6. The van der Waals surface area contributed by atoms with Gasteiger partial charge in [-0.2, -0.15) is 4.52 Å². The Labute approximate surface area is 101 Å². The van der Waals surface area contributed by atoms with Gasteiger partial charge in [0, 0.05) is 13.0 Å². The first-order chi connectivity index (χ1) is 8.20. The molecule has 2 aromatic heterocycles. The molecule has 0 fully saturated rings. The van der Waals surface area contributed by atoms with Crippen molar-refractivity contribution in [3.8, 4) is 0 Å². The quantitative estimate of drug-likeness (QED) is 0.859. The monoisotopic (exact) mass is 233 g/mol. The fraction of sp³-hybridized carbons (Fsp3) is 0.583. The number of aryl methyl sites for hydroxylation is 1. The average Bonchev–Trinajstić information content (AvgIpc) is 2.70. The summed E-state index contributed by atoms with van der Waals surface area (Å²) in [6, 6.07) is 3.89. The van der Waals surface area contributed by atoms with E-state index in [0.717, 1.165) is 36.7 Å². The molecule has 2 rings (SSSR count). The molecule has 0 unspecified atom stereocenters. The van der Waals surface area contributed by atoms with Gasteiger partial charge in [-0.15, -0.1) is 15.3 Å². The molecule has 1 N–H and O–H groups in total. The highest BCUT2D eigenvalue weighted by molar-refractivity contribution is 5.43. The predicted molar refractivity (Wildman–Crippen MR) is 68.1 cm³/mol. The summed E-state index contributed by atoms with van der Waals surface area (Å²) in [4.78, 5) is 0. The second kappa shape index (κ2) is 5.12. The van der Waals surface area contributed by atoms with Crippen molar-refractivity contribution in [2.45, 2.75) is 33.6 Å². The van der Waals surface area contributed by atoms with Crippen LogP contribution in [0.2, 0.25) is 0 Å². The van der Waals surface area contributed by atoms with Crippen molar-refractivity contribution in [1.29, 1.82) is 0 Å². The molecule has 0 aliphatic heterocycles. The number of nitrogens with zero attached hydrogens (tertiary/aromatic N) is 4. The smallest absolute Gasteiger partial charge is 0.178 e. The van der Waals surface area contributed by atoms with Crippen molar-refractivity contribution in [2.24, 2.45) is 5.92 Å². The standard InChI is InChI=1S/C12H19N5/c1-4-11-14-15-12-6-5-10(16-17(11)12)13-8-7-9(2)3/h5-6,9H,4,7-8H2,1-3H3,(H,13,16). The lowest BCUT2D eigenvalue weighted by Gasteiger charge is -2.07. The van der Waals surface area contributed by atoms with Gasteiger partial charge in [-0.1, -0.05) is 20.8 Å². The minimum absolute atomic E-state index is 0.701. The third-order valence-electron chi connectivity index (χ3n) is 2.67. The summed E-state index contributed by atoms with van der Waals surface area (Å²) >= 11 is 0. The fourth-order valence-corrected chi connectivity index (χ4v) is 1.64. The first-order valence-corrected chi connectivity index (χ1v) is 6.16. The Morgan fingerprint density at radius 1 is 1.29 bits per heavy atom. The molecule has 2 aromatic rings. The van der Waals surface area contributed by atoms with Crippen LogP contribution in [-0.4, -0.2) is 26.4 Å². The summed E-state index contributed by atoms with van der Waals surface area (Å²) < 4.78 is 1.80. The molecule has 0 aliphatic carbocycles. The highest BCUT2D eigenvalue weighted by Gasteiger charge is 2.05. The first kappa shape index (κ1) is 11.8. The molecule has 5 heteroatoms. The lowest BCUT2D eigenvalue weighted by atomic mass is 10.1. The van der Waals surface area contributed by atoms with Crippen LogP contribution in [0.5, 0.6) is 0 Å². The van der Waals surface area contributed by atoms with Crippen LogP contribution in [0.4, 0.5) is 5.82 Å². The van der Waals surface area contributed by atoms with Crippen LogP contribution in [0.1, 0.15) is 33.0 Å². The maximum absolute atomic E-state index is 4.48. The van der Waals surface area contributed by atoms with Gasteiger partial charge in [0.1, 0.15) is 5.82 Å². The highest BCUT2D eigenvalue weighted by Crippen LogP contribution is 2.08. The zero-order valence-electron chi connectivity index (χ0n) is 10.6. The van der Waals surface area contributed by atoms with Crippen molar-refractivity contribution in [3.05, 3.63) is 18.0 Å². The Morgan fingerprint density at radius 3 is 2.82 bits per heavy atom. The van der Waals surface area contributed by atoms with Gasteiger partial charge in [0.2, 0.25) is 0 Å². The first-order valence-electron chi connectivity index (χ1n) is 6.16. The molecular weight excluding hydrogens is 214 g/mol. The second-order valence-corrected chi connectivity index (χ2v) is 4.57. The molecule has 5 nitrogen and oxygen atoms in total. The maximum Gasteiger partial charge on any atom is 0.178 e. The molecule has 0 aliphatic rings. The van der Waals surface area contributed by atoms with Crippen LogP contribution in [-0.2, 0) is 6.42 Å². The van der Waals surface area contributed by atoms with Crippen LogP contribution in [0.25, 0.3) is 5.65 Å². The minimum Gasteiger partial charge on any atom is -0.369 e. The highest BCUT2D eigenvalue weighted by atomic mass is 15.4. The van der Waals surface area contributed by atoms with Crippen molar-refractivity contribution in [1.82, 2.24) is 19.8 Å². The van der Waals surface area contributed by atoms with E-state index in [1.54, 1.807) is 4.52 Å². The van der Waals surface area contributed by atoms with E-state index in [2.05, 4.69) is 41.4 Å². The number of anilines is 1. The van der Waals surface area contributed by atoms with Crippen LogP contribution >= 0.6 is 0 Å². The van der Waals surface area contributed by atoms with Gasteiger partial charge in [-0.3, -0.25) is 0 Å². The number of hydrogen-bond acceptors (Lipinski definition) is 4. The fourth-order valence-electron chi connectivity index (χ4n) is 1.64. The van der Waals surface area contributed by atoms with Gasteiger partial charge >= 0.3 is 0 Å². The maximum atomic E-state index is 4.48. The SMILES string of the molecule is CCc1nnc2ccc(NCCC(C)C)nn12. The number of nitrogens with one attached hydrogen (secondary N) is 1. The van der Waals surface area contributed by atoms with Crippen LogP contribution < -0.4 is 5.32 Å². The van der Waals surface area contributed by atoms with Gasteiger partial charge in [-0.05, 0) is 24.5 Å². The number of aromatic nitrogens is 4. The van der Waals surface area contributed by atoms with E-state index in [1.807, 2.05) is 12.1 Å². The van der Waals surface area contributed by atoms with Crippen molar-refractivity contribution < 1.29 is 0 Å². The van der Waals surface area contributed by atoms with Crippen molar-refractivity contribution in [2.75, 3.05) is 11.9 Å². The predicted octanol–water partition coefficient (Wildman–Crippen LogP) is 2.14. The lowest BCUT2D eigenvalue weighted by molar-refractivity contribution is 0.606. The zero-order chi connectivity index (χ0) is 12.3. The Balaban J connectivity index is 2.13. The Morgan fingerprint density at radius 2 is 2.12 bits per heavy atom. The second-order valence-electron chi connectivity index (χ2n) is 4.57. The Kier molecular flexibility index (Phi) is 3.56. The summed E-state index contributed by atoms with van der Waals surface area (Å²) in [6.07, 6.45) is 1.98. The number of fused-ring (bicyclic) bond motifs is 1. The molecule has 17 heavy (non-hydrogen) atoms. The normalized spacial score (nSPS) is 11.3. The Bertz CT molecular complexity index is 489. The number of hydrogen-bond donors (Lipinski definition) is 1. The van der Waals surface area contributed by atoms with Gasteiger partial charge in [0.25, 0.3) is 0 Å². The Hall–Kier alpha value is -1.65. The van der Waals surface area contributed by atoms with E-state index in [-0.39, 0.29) is 0 Å². The number of rotatable bonds is 5. The van der Waals surface area contributed by atoms with Gasteiger partial charge in [0.15, 0.2) is 11.5 Å². The molecule has 0 atom stereocenters. The molecule has 0 spiro atoms. The van der Waals surface area contributed by atoms with Crippen LogP contribution in [0.3, 0.4) is 0 Å². The molecule has 0 bridgehead atoms. The van der Waals surface area contributed by atoms with Crippen molar-refractivity contribution >= 4 is 11.5 Å². The van der Waals surface area contributed by atoms with E-state index < -0.39 is 0 Å². The van der Waals surface area contributed by atoms with Crippen LogP contribution in [0.15, 0.2) is 12.1 Å².